The predicted molar refractivity (Wildman–Crippen MR) is 183 cm³/mol. The van der Waals surface area contributed by atoms with Gasteiger partial charge in [0.1, 0.15) is 23.6 Å². The molecule has 0 amide bonds. The fourth-order valence-corrected chi connectivity index (χ4v) is 6.50. The van der Waals surface area contributed by atoms with Gasteiger partial charge in [-0.2, -0.15) is 0 Å². The number of fused-ring (bicyclic) bond motifs is 2. The lowest BCUT2D eigenvalue weighted by atomic mass is 10.1. The molecule has 0 radical (unpaired) electrons. The summed E-state index contributed by atoms with van der Waals surface area (Å²) in [6.45, 7) is 11.6. The van der Waals surface area contributed by atoms with Crippen molar-refractivity contribution in [3.63, 3.8) is 0 Å². The number of hydrogen-bond donors (Lipinski definition) is 1. The Bertz CT molecular complexity index is 1950. The fraction of sp³-hybridized carbons (Fsp3) is 0.324. The summed E-state index contributed by atoms with van der Waals surface area (Å²) in [6.07, 6.45) is 4.55. The predicted octanol–water partition coefficient (Wildman–Crippen LogP) is 7.31. The molecule has 0 saturated carbocycles. The Morgan fingerprint density at radius 1 is 0.956 bits per heavy atom. The van der Waals surface area contributed by atoms with E-state index in [0.29, 0.717) is 39.7 Å². The van der Waals surface area contributed by atoms with Crippen molar-refractivity contribution >= 4 is 45.7 Å². The van der Waals surface area contributed by atoms with Crippen LogP contribution in [0, 0.1) is 0 Å². The minimum atomic E-state index is -3.66. The van der Waals surface area contributed by atoms with Crippen molar-refractivity contribution in [1.29, 1.82) is 0 Å². The van der Waals surface area contributed by atoms with E-state index in [-0.39, 0.29) is 17.5 Å². The Hall–Kier alpha value is -4.22. The topological polar surface area (TPSA) is 103 Å². The van der Waals surface area contributed by atoms with Gasteiger partial charge in [-0.05, 0) is 65.7 Å². The highest BCUT2D eigenvalue weighted by Crippen LogP contribution is 2.47. The van der Waals surface area contributed by atoms with Crippen LogP contribution in [-0.2, 0) is 23.2 Å². The van der Waals surface area contributed by atoms with E-state index in [1.807, 2.05) is 54.6 Å². The maximum absolute atomic E-state index is 12.8. The largest absolute Gasteiger partial charge is 0.544 e. The van der Waals surface area contributed by atoms with Crippen molar-refractivity contribution in [2.75, 3.05) is 24.7 Å². The second-order valence-electron chi connectivity index (χ2n) is 12.8. The average molecular weight is 648 g/mol. The summed E-state index contributed by atoms with van der Waals surface area (Å²) in [7, 11) is -2.53. The number of sulfonamides is 1. The Labute approximate surface area is 266 Å². The van der Waals surface area contributed by atoms with Crippen LogP contribution in [0.4, 0.5) is 5.69 Å². The number of pyridine rings is 1. The van der Waals surface area contributed by atoms with E-state index >= 15 is 0 Å². The molecule has 0 fully saturated rings. The summed E-state index contributed by atoms with van der Waals surface area (Å²) in [6, 6.07) is 19.0. The molecule has 2 aromatic heterocycles. The summed E-state index contributed by atoms with van der Waals surface area (Å²) >= 11 is 0. The van der Waals surface area contributed by atoms with Gasteiger partial charge >= 0.3 is 0 Å². The van der Waals surface area contributed by atoms with E-state index < -0.39 is 18.3 Å². The Balaban J connectivity index is 1.60. The van der Waals surface area contributed by atoms with Crippen LogP contribution in [-0.4, -0.2) is 51.8 Å². The van der Waals surface area contributed by atoms with Gasteiger partial charge in [0.15, 0.2) is 5.75 Å². The highest BCUT2D eigenvalue weighted by molar-refractivity contribution is 7.92. The van der Waals surface area contributed by atoms with Crippen LogP contribution in [0.25, 0.3) is 21.7 Å². The molecule has 5 rings (SSSR count). The summed E-state index contributed by atoms with van der Waals surface area (Å²) in [5.41, 5.74) is 2.70. The van der Waals surface area contributed by atoms with Crippen LogP contribution < -0.4 is 18.2 Å². The molecule has 0 unspecified atom stereocenters. The lowest BCUT2D eigenvalue weighted by molar-refractivity contribution is 0.311. The van der Waals surface area contributed by atoms with Crippen molar-refractivity contribution < 1.29 is 27.4 Å². The number of hydrogen-bond acceptors (Lipinski definition) is 7. The van der Waals surface area contributed by atoms with Gasteiger partial charge in [0, 0.05) is 30.2 Å². The third-order valence-electron chi connectivity index (χ3n) is 8.62. The molecule has 1 N–H and O–H groups in total. The number of nitrogens with zero attached hydrogens (tertiary/aromatic N) is 3. The monoisotopic (exact) mass is 647 g/mol. The second kappa shape index (κ2) is 11.9. The van der Waals surface area contributed by atoms with Gasteiger partial charge < -0.3 is 23.6 Å². The zero-order valence-corrected chi connectivity index (χ0v) is 28.9. The first-order chi connectivity index (χ1) is 21.1. The van der Waals surface area contributed by atoms with Gasteiger partial charge in [-0.25, -0.2) is 8.42 Å². The van der Waals surface area contributed by atoms with Gasteiger partial charge in [0.25, 0.3) is 0 Å². The molecule has 45 heavy (non-hydrogen) atoms. The van der Waals surface area contributed by atoms with E-state index in [1.165, 1.54) is 11.4 Å². The van der Waals surface area contributed by atoms with Crippen molar-refractivity contribution in [2.45, 2.75) is 52.1 Å². The first kappa shape index (κ1) is 32.2. The third-order valence-corrected chi connectivity index (χ3v) is 14.2. The zero-order valence-electron chi connectivity index (χ0n) is 27.1. The van der Waals surface area contributed by atoms with Gasteiger partial charge in [0.05, 0.1) is 31.0 Å². The van der Waals surface area contributed by atoms with E-state index in [1.54, 1.807) is 30.1 Å². The lowest BCUT2D eigenvalue weighted by Crippen LogP contribution is -2.43. The van der Waals surface area contributed by atoms with Crippen LogP contribution in [0.3, 0.4) is 0 Å². The molecule has 11 heteroatoms. The van der Waals surface area contributed by atoms with E-state index in [9.17, 15) is 13.5 Å². The number of aromatic nitrogens is 2. The molecule has 3 aromatic carbocycles. The molecule has 0 aliphatic heterocycles. The van der Waals surface area contributed by atoms with Crippen LogP contribution in [0.5, 0.6) is 23.1 Å². The maximum atomic E-state index is 12.8. The molecule has 2 heterocycles. The first-order valence-electron chi connectivity index (χ1n) is 14.7. The van der Waals surface area contributed by atoms with Crippen molar-refractivity contribution in [1.82, 2.24) is 9.55 Å². The Morgan fingerprint density at radius 3 is 2.18 bits per heavy atom. The summed E-state index contributed by atoms with van der Waals surface area (Å²) in [5, 5.41) is 13.3. The number of aromatic hydroxyl groups is 1. The van der Waals surface area contributed by atoms with Gasteiger partial charge in [-0.3, -0.25) is 9.29 Å². The van der Waals surface area contributed by atoms with E-state index in [0.717, 1.165) is 28.9 Å². The molecule has 0 bridgehead atoms. The zero-order chi connectivity index (χ0) is 32.7. The van der Waals surface area contributed by atoms with E-state index in [2.05, 4.69) is 38.8 Å². The van der Waals surface area contributed by atoms with Crippen molar-refractivity contribution in [3.8, 4) is 23.1 Å². The highest BCUT2D eigenvalue weighted by Gasteiger charge is 2.39. The normalized spacial score (nSPS) is 12.4. The van der Waals surface area contributed by atoms with Crippen LogP contribution >= 0.6 is 0 Å². The fourth-order valence-electron chi connectivity index (χ4n) is 4.94. The Morgan fingerprint density at radius 2 is 1.58 bits per heavy atom. The average Bonchev–Trinajstić information content (AvgIpc) is 3.30. The quantitative estimate of drug-likeness (QED) is 0.159. The molecule has 0 saturated heterocycles. The van der Waals surface area contributed by atoms with Crippen LogP contribution in [0.15, 0.2) is 73.1 Å². The molecule has 0 spiro atoms. The minimum Gasteiger partial charge on any atom is -0.544 e. The standard InChI is InChI=1S/C34H41N3O6SSi/c1-34(2,3)45(7,8)43-26-17-11-23(12-18-26)20-37-21-28-29(33(37)38)32(42-22-24-13-15-25(41-5)16-14-24)30-27(10-9-19-35-30)31(28)36(4)44(6,39)40/h9-19,21,38H,20,22H2,1-8H3. The minimum absolute atomic E-state index is 0.0490. The molecule has 9 nitrogen and oxygen atoms in total. The first-order valence-corrected chi connectivity index (χ1v) is 19.5. The number of benzene rings is 3. The van der Waals surface area contributed by atoms with Gasteiger partial charge in [0.2, 0.25) is 24.2 Å². The summed E-state index contributed by atoms with van der Waals surface area (Å²) in [4.78, 5) is 4.59. The van der Waals surface area contributed by atoms with E-state index in [4.69, 9.17) is 13.9 Å². The molecule has 0 atom stereocenters. The number of ether oxygens (including phenoxy) is 2. The molecule has 5 aromatic rings. The molecule has 0 aliphatic rings. The molecular formula is C34H41N3O6SSi. The molecule has 0 aliphatic carbocycles. The second-order valence-corrected chi connectivity index (χ2v) is 19.6. The Kier molecular flexibility index (Phi) is 8.54. The highest BCUT2D eigenvalue weighted by atomic mass is 32.2. The smallest absolute Gasteiger partial charge is 0.250 e. The van der Waals surface area contributed by atoms with Crippen LogP contribution in [0.2, 0.25) is 18.1 Å². The lowest BCUT2D eigenvalue weighted by Gasteiger charge is -2.36. The SMILES string of the molecule is COc1ccc(COc2c3ncccc3c(N(C)S(C)(=O)=O)c3cn(Cc4ccc(O[Si](C)(C)C(C)(C)C)cc4)c(O)c23)cc1. The summed E-state index contributed by atoms with van der Waals surface area (Å²) < 4.78 is 46.7. The number of rotatable bonds is 10. The molecular weight excluding hydrogens is 607 g/mol. The number of anilines is 1. The third kappa shape index (κ3) is 6.45. The van der Waals surface area contributed by atoms with Gasteiger partial charge in [-0.15, -0.1) is 0 Å². The summed E-state index contributed by atoms with van der Waals surface area (Å²) in [5.74, 6) is 1.87. The molecule has 238 valence electrons. The van der Waals surface area contributed by atoms with Crippen molar-refractivity contribution in [3.05, 3.63) is 84.2 Å². The number of methoxy groups -OCH3 is 1. The van der Waals surface area contributed by atoms with Crippen LogP contribution in [0.1, 0.15) is 31.9 Å². The maximum Gasteiger partial charge on any atom is 0.250 e. The van der Waals surface area contributed by atoms with Gasteiger partial charge in [-0.1, -0.05) is 45.0 Å². The van der Waals surface area contributed by atoms with Crippen molar-refractivity contribution in [2.24, 2.45) is 0 Å².